The molecule has 7 heteroatoms. The number of thioether (sulfide) groups is 1. The van der Waals surface area contributed by atoms with Crippen molar-refractivity contribution in [3.63, 3.8) is 0 Å². The zero-order valence-corrected chi connectivity index (χ0v) is 12.0. The first-order chi connectivity index (χ1) is 9.42. The van der Waals surface area contributed by atoms with Crippen molar-refractivity contribution in [3.8, 4) is 5.75 Å². The highest BCUT2D eigenvalue weighted by Gasteiger charge is 2.30. The SMILES string of the molecule is CCOc1ccc2nc(SCC(C)(O)C(=O)O)[nH]c2c1. The normalized spacial score (nSPS) is 14.2. The van der Waals surface area contributed by atoms with Crippen molar-refractivity contribution in [1.82, 2.24) is 9.97 Å². The molecule has 0 fully saturated rings. The van der Waals surface area contributed by atoms with Crippen LogP contribution in [-0.4, -0.2) is 44.1 Å². The molecule has 1 heterocycles. The topological polar surface area (TPSA) is 95.4 Å². The lowest BCUT2D eigenvalue weighted by Crippen LogP contribution is -2.37. The van der Waals surface area contributed by atoms with Crippen molar-refractivity contribution in [2.75, 3.05) is 12.4 Å². The van der Waals surface area contributed by atoms with Gasteiger partial charge in [0.2, 0.25) is 0 Å². The summed E-state index contributed by atoms with van der Waals surface area (Å²) in [6, 6.07) is 5.50. The standard InChI is InChI=1S/C13H16N2O4S/c1-3-19-8-4-5-9-10(6-8)15-12(14-9)20-7-13(2,18)11(16)17/h4-6,18H,3,7H2,1-2H3,(H,14,15)(H,16,17). The van der Waals surface area contributed by atoms with E-state index in [9.17, 15) is 9.90 Å². The highest BCUT2D eigenvalue weighted by atomic mass is 32.2. The molecule has 2 aromatic rings. The number of carboxylic acid groups (broad SMARTS) is 1. The molecular weight excluding hydrogens is 280 g/mol. The Morgan fingerprint density at radius 1 is 1.55 bits per heavy atom. The lowest BCUT2D eigenvalue weighted by Gasteiger charge is -2.15. The molecule has 0 amide bonds. The molecule has 108 valence electrons. The van der Waals surface area contributed by atoms with Gasteiger partial charge in [0.05, 0.1) is 17.6 Å². The second-order valence-corrected chi connectivity index (χ2v) is 5.49. The van der Waals surface area contributed by atoms with E-state index in [2.05, 4.69) is 9.97 Å². The third-order valence-electron chi connectivity index (χ3n) is 2.69. The van der Waals surface area contributed by atoms with Crippen LogP contribution in [0.1, 0.15) is 13.8 Å². The molecule has 1 atom stereocenters. The maximum Gasteiger partial charge on any atom is 0.336 e. The lowest BCUT2D eigenvalue weighted by atomic mass is 10.1. The van der Waals surface area contributed by atoms with Gasteiger partial charge in [0.15, 0.2) is 10.8 Å². The molecule has 1 aromatic heterocycles. The van der Waals surface area contributed by atoms with Crippen molar-refractivity contribution in [3.05, 3.63) is 18.2 Å². The average molecular weight is 296 g/mol. The summed E-state index contributed by atoms with van der Waals surface area (Å²) in [5.41, 5.74) is -0.195. The number of rotatable bonds is 6. The fourth-order valence-electron chi connectivity index (χ4n) is 1.56. The van der Waals surface area contributed by atoms with Crippen LogP contribution in [0.15, 0.2) is 23.4 Å². The number of aliphatic carboxylic acids is 1. The van der Waals surface area contributed by atoms with Gasteiger partial charge in [-0.2, -0.15) is 0 Å². The smallest absolute Gasteiger partial charge is 0.336 e. The highest BCUT2D eigenvalue weighted by Crippen LogP contribution is 2.25. The van der Waals surface area contributed by atoms with Crippen molar-refractivity contribution in [2.24, 2.45) is 0 Å². The molecule has 1 aromatic carbocycles. The number of fused-ring (bicyclic) bond motifs is 1. The second-order valence-electron chi connectivity index (χ2n) is 4.52. The van der Waals surface area contributed by atoms with E-state index in [0.717, 1.165) is 28.5 Å². The third kappa shape index (κ3) is 3.23. The first-order valence-corrected chi connectivity index (χ1v) is 7.12. The number of ether oxygens (including phenoxy) is 1. The van der Waals surface area contributed by atoms with Gasteiger partial charge in [0, 0.05) is 11.8 Å². The Kier molecular flexibility index (Phi) is 4.20. The van der Waals surface area contributed by atoms with Gasteiger partial charge in [-0.05, 0) is 26.0 Å². The fourth-order valence-corrected chi connectivity index (χ4v) is 2.45. The fraction of sp³-hybridized carbons (Fsp3) is 0.385. The number of aromatic amines is 1. The van der Waals surface area contributed by atoms with E-state index in [1.807, 2.05) is 25.1 Å². The Morgan fingerprint density at radius 3 is 2.95 bits per heavy atom. The Balaban J connectivity index is 2.14. The molecule has 0 radical (unpaired) electrons. The predicted molar refractivity (Wildman–Crippen MR) is 76.2 cm³/mol. The quantitative estimate of drug-likeness (QED) is 0.705. The molecule has 2 rings (SSSR count). The van der Waals surface area contributed by atoms with E-state index < -0.39 is 11.6 Å². The van der Waals surface area contributed by atoms with Crippen LogP contribution in [0.2, 0.25) is 0 Å². The molecule has 0 aliphatic heterocycles. The van der Waals surface area contributed by atoms with Gasteiger partial charge >= 0.3 is 5.97 Å². The minimum absolute atomic E-state index is 0.0144. The van der Waals surface area contributed by atoms with Crippen LogP contribution < -0.4 is 4.74 Å². The van der Waals surface area contributed by atoms with Crippen LogP contribution >= 0.6 is 11.8 Å². The minimum Gasteiger partial charge on any atom is -0.494 e. The van der Waals surface area contributed by atoms with Crippen molar-refractivity contribution in [2.45, 2.75) is 24.6 Å². The summed E-state index contributed by atoms with van der Waals surface area (Å²) >= 11 is 1.16. The van der Waals surface area contributed by atoms with Gasteiger partial charge in [0.1, 0.15) is 5.75 Å². The van der Waals surface area contributed by atoms with Crippen molar-refractivity contribution < 1.29 is 19.7 Å². The third-order valence-corrected chi connectivity index (χ3v) is 3.87. The molecule has 3 N–H and O–H groups in total. The number of benzene rings is 1. The van der Waals surface area contributed by atoms with Gasteiger partial charge in [-0.25, -0.2) is 9.78 Å². The number of hydrogen-bond donors (Lipinski definition) is 3. The van der Waals surface area contributed by atoms with Crippen molar-refractivity contribution in [1.29, 1.82) is 0 Å². The summed E-state index contributed by atoms with van der Waals surface area (Å²) in [6.45, 7) is 3.76. The Morgan fingerprint density at radius 2 is 2.30 bits per heavy atom. The van der Waals surface area contributed by atoms with E-state index in [-0.39, 0.29) is 5.75 Å². The van der Waals surface area contributed by atoms with E-state index >= 15 is 0 Å². The first kappa shape index (κ1) is 14.7. The zero-order chi connectivity index (χ0) is 14.8. The van der Waals surface area contributed by atoms with Crippen LogP contribution in [0, 0.1) is 0 Å². The van der Waals surface area contributed by atoms with Crippen LogP contribution in [-0.2, 0) is 4.79 Å². The summed E-state index contributed by atoms with van der Waals surface area (Å²) in [5.74, 6) is -0.488. The maximum atomic E-state index is 10.8. The number of imidazole rings is 1. The summed E-state index contributed by atoms with van der Waals surface area (Å²) in [4.78, 5) is 18.2. The zero-order valence-electron chi connectivity index (χ0n) is 11.2. The van der Waals surface area contributed by atoms with Gasteiger partial charge in [0.25, 0.3) is 0 Å². The van der Waals surface area contributed by atoms with Gasteiger partial charge in [-0.15, -0.1) is 0 Å². The molecule has 0 aliphatic rings. The number of nitrogens with zero attached hydrogens (tertiary/aromatic N) is 1. The summed E-state index contributed by atoms with van der Waals surface area (Å²) in [7, 11) is 0. The number of H-pyrrole nitrogens is 1. The average Bonchev–Trinajstić information content (AvgIpc) is 2.79. The van der Waals surface area contributed by atoms with Crippen LogP contribution in [0.3, 0.4) is 0 Å². The molecule has 0 bridgehead atoms. The summed E-state index contributed by atoms with van der Waals surface area (Å²) < 4.78 is 5.40. The molecule has 6 nitrogen and oxygen atoms in total. The Bertz CT molecular complexity index is 624. The van der Waals surface area contributed by atoms with Crippen LogP contribution in [0.4, 0.5) is 0 Å². The van der Waals surface area contributed by atoms with E-state index in [1.54, 1.807) is 0 Å². The van der Waals surface area contributed by atoms with Gasteiger partial charge in [-0.3, -0.25) is 0 Å². The molecule has 20 heavy (non-hydrogen) atoms. The molecule has 0 aliphatic carbocycles. The second kappa shape index (κ2) is 5.72. The van der Waals surface area contributed by atoms with E-state index in [0.29, 0.717) is 11.8 Å². The number of nitrogens with one attached hydrogen (secondary N) is 1. The summed E-state index contributed by atoms with van der Waals surface area (Å²) in [5, 5.41) is 19.1. The lowest BCUT2D eigenvalue weighted by molar-refractivity contribution is -0.154. The van der Waals surface area contributed by atoms with Crippen LogP contribution in [0.25, 0.3) is 11.0 Å². The van der Waals surface area contributed by atoms with Gasteiger partial charge < -0.3 is 19.9 Å². The Hall–Kier alpha value is -1.73. The first-order valence-electron chi connectivity index (χ1n) is 6.13. The van der Waals surface area contributed by atoms with E-state index in [1.165, 1.54) is 6.92 Å². The van der Waals surface area contributed by atoms with Crippen molar-refractivity contribution >= 4 is 28.8 Å². The highest BCUT2D eigenvalue weighted by molar-refractivity contribution is 7.99. The minimum atomic E-state index is -1.78. The van der Waals surface area contributed by atoms with E-state index in [4.69, 9.17) is 9.84 Å². The number of carboxylic acids is 1. The maximum absolute atomic E-state index is 10.8. The molecule has 0 saturated carbocycles. The number of aliphatic hydroxyl groups is 1. The van der Waals surface area contributed by atoms with Crippen LogP contribution in [0.5, 0.6) is 5.75 Å². The number of carbonyl (C=O) groups is 1. The summed E-state index contributed by atoms with van der Waals surface area (Å²) in [6.07, 6.45) is 0. The molecule has 0 saturated heterocycles. The monoisotopic (exact) mass is 296 g/mol. The van der Waals surface area contributed by atoms with Gasteiger partial charge in [-0.1, -0.05) is 11.8 Å². The molecule has 0 spiro atoms. The number of aromatic nitrogens is 2. The Labute approximate surface area is 120 Å². The molecular formula is C13H16N2O4S. The largest absolute Gasteiger partial charge is 0.494 e. The number of hydrogen-bond acceptors (Lipinski definition) is 5. The molecule has 1 unspecified atom stereocenters. The predicted octanol–water partition coefficient (Wildman–Crippen LogP) is 1.89.